The van der Waals surface area contributed by atoms with E-state index in [9.17, 15) is 9.59 Å². The van der Waals surface area contributed by atoms with Gasteiger partial charge >= 0.3 is 0 Å². The van der Waals surface area contributed by atoms with E-state index >= 15 is 0 Å². The summed E-state index contributed by atoms with van der Waals surface area (Å²) in [4.78, 5) is 25.8. The number of carbonyl (C=O) groups is 1. The summed E-state index contributed by atoms with van der Waals surface area (Å²) < 4.78 is 5.51. The van der Waals surface area contributed by atoms with Crippen molar-refractivity contribution in [1.82, 2.24) is 4.98 Å². The van der Waals surface area contributed by atoms with Crippen molar-refractivity contribution >= 4 is 25.5 Å². The lowest BCUT2D eigenvalue weighted by Crippen LogP contribution is -2.40. The van der Waals surface area contributed by atoms with Crippen LogP contribution in [0.3, 0.4) is 0 Å². The second-order valence-corrected chi connectivity index (χ2v) is 11.3. The number of aldehydes is 1. The Morgan fingerprint density at radius 1 is 1.27 bits per heavy atom. The summed E-state index contributed by atoms with van der Waals surface area (Å²) in [5, 5.41) is 0.758. The monoisotopic (exact) mass is 317 g/mol. The number of nitrogens with zero attached hydrogens (tertiary/aromatic N) is 1. The van der Waals surface area contributed by atoms with E-state index < -0.39 is 8.32 Å². The Kier molecular flexibility index (Phi) is 4.40. The molecular weight excluding hydrogens is 294 g/mol. The fourth-order valence-corrected chi connectivity index (χ4v) is 2.97. The van der Waals surface area contributed by atoms with Crippen molar-refractivity contribution in [3.63, 3.8) is 0 Å². The molecule has 0 saturated heterocycles. The predicted octanol–water partition coefficient (Wildman–Crippen LogP) is 3.58. The summed E-state index contributed by atoms with van der Waals surface area (Å²) in [5.74, 6) is 0.791. The third-order valence-corrected chi connectivity index (χ3v) is 8.07. The molecule has 1 aromatic heterocycles. The van der Waals surface area contributed by atoms with Crippen molar-refractivity contribution in [3.8, 4) is 5.75 Å². The number of benzene rings is 1. The van der Waals surface area contributed by atoms with Gasteiger partial charge in [0, 0.05) is 10.9 Å². The van der Waals surface area contributed by atoms with E-state index in [1.165, 1.54) is 0 Å². The summed E-state index contributed by atoms with van der Waals surface area (Å²) in [6.45, 7) is 8.08. The topological polar surface area (TPSA) is 59.4 Å². The molecule has 0 amide bonds. The molecule has 1 heterocycles. The van der Waals surface area contributed by atoms with Crippen molar-refractivity contribution in [1.29, 1.82) is 0 Å². The molecule has 118 valence electrons. The highest BCUT2D eigenvalue weighted by atomic mass is 28.4. The maximum Gasteiger partial charge on any atom is 0.188 e. The molecule has 0 saturated carbocycles. The lowest BCUT2D eigenvalue weighted by molar-refractivity contribution is 0.111. The van der Waals surface area contributed by atoms with E-state index in [-0.39, 0.29) is 5.04 Å². The van der Waals surface area contributed by atoms with Gasteiger partial charge in [-0.3, -0.25) is 4.79 Å². The molecule has 0 aliphatic heterocycles. The Hall–Kier alpha value is -1.72. The molecule has 2 rings (SSSR count). The fourth-order valence-electron chi connectivity index (χ4n) is 2.36. The first kappa shape index (κ1) is 16.6. The van der Waals surface area contributed by atoms with E-state index in [4.69, 9.17) is 4.74 Å². The number of hydrogen-bond donors (Lipinski definition) is 1. The fraction of sp³-hybridized carbons (Fsp3) is 0.412. The first-order valence-electron chi connectivity index (χ1n) is 7.34. The molecule has 5 heteroatoms. The third-order valence-electron chi connectivity index (χ3n) is 4.58. The molecule has 0 radical (unpaired) electrons. The van der Waals surface area contributed by atoms with Crippen LogP contribution in [0.1, 0.15) is 29.9 Å². The van der Waals surface area contributed by atoms with Crippen molar-refractivity contribution in [2.24, 2.45) is 0 Å². The highest BCUT2D eigenvalue weighted by Gasteiger charge is 2.39. The van der Waals surface area contributed by atoms with Crippen LogP contribution in [0.2, 0.25) is 18.1 Å². The zero-order valence-electron chi connectivity index (χ0n) is 13.8. The Balaban J connectivity index is 2.62. The molecule has 2 aromatic rings. The second-order valence-electron chi connectivity index (χ2n) is 6.79. The molecule has 0 bridgehead atoms. The number of hydrogen-bond acceptors (Lipinski definition) is 4. The maximum absolute atomic E-state index is 10.9. The average Bonchev–Trinajstić information content (AvgIpc) is 2.45. The van der Waals surface area contributed by atoms with Gasteiger partial charge in [-0.25, -0.2) is 4.98 Å². The summed E-state index contributed by atoms with van der Waals surface area (Å²) in [6.07, 6.45) is 1.45. The molecule has 4 nitrogen and oxygen atoms in total. The first-order valence-corrected chi connectivity index (χ1v) is 10.3. The standard InChI is InChI=1S/C17H23NO3Si/c1-17(2,22(4,5)20)10-14-13-7-6-12(11-19)18-15(13)8-9-16(14)21-3/h6-9,11,20H,10H2,1-5H3. The van der Waals surface area contributed by atoms with Crippen molar-refractivity contribution in [2.45, 2.75) is 38.4 Å². The van der Waals surface area contributed by atoms with Gasteiger partial charge in [0.2, 0.25) is 0 Å². The Labute approximate surface area is 132 Å². The van der Waals surface area contributed by atoms with Crippen LogP contribution in [0, 0.1) is 0 Å². The van der Waals surface area contributed by atoms with Gasteiger partial charge in [-0.2, -0.15) is 0 Å². The molecule has 1 N–H and O–H groups in total. The second kappa shape index (κ2) is 5.82. The van der Waals surface area contributed by atoms with Gasteiger partial charge in [-0.15, -0.1) is 0 Å². The number of fused-ring (bicyclic) bond motifs is 1. The van der Waals surface area contributed by atoms with Gasteiger partial charge in [-0.05, 0) is 42.8 Å². The maximum atomic E-state index is 10.9. The van der Waals surface area contributed by atoms with Gasteiger partial charge in [-0.1, -0.05) is 19.9 Å². The van der Waals surface area contributed by atoms with Gasteiger partial charge in [0.1, 0.15) is 11.4 Å². The van der Waals surface area contributed by atoms with Crippen LogP contribution in [0.15, 0.2) is 24.3 Å². The summed E-state index contributed by atoms with van der Waals surface area (Å²) in [5.41, 5.74) is 2.22. The lowest BCUT2D eigenvalue weighted by Gasteiger charge is -2.35. The predicted molar refractivity (Wildman–Crippen MR) is 91.1 cm³/mol. The minimum Gasteiger partial charge on any atom is -0.496 e. The quantitative estimate of drug-likeness (QED) is 0.676. The number of aromatic nitrogens is 1. The van der Waals surface area contributed by atoms with Crippen LogP contribution in [-0.2, 0) is 6.42 Å². The number of ether oxygens (including phenoxy) is 1. The SMILES string of the molecule is COc1ccc2nc(C=O)ccc2c1CC(C)(C)[Si](C)(C)O. The lowest BCUT2D eigenvalue weighted by atomic mass is 9.96. The minimum absolute atomic E-state index is 0.210. The van der Waals surface area contributed by atoms with Gasteiger partial charge in [0.25, 0.3) is 0 Å². The average molecular weight is 317 g/mol. The smallest absolute Gasteiger partial charge is 0.188 e. The molecule has 0 fully saturated rings. The molecule has 0 unspecified atom stereocenters. The van der Waals surface area contributed by atoms with E-state index in [1.807, 2.05) is 31.3 Å². The molecule has 0 aliphatic carbocycles. The first-order chi connectivity index (χ1) is 10.2. The summed E-state index contributed by atoms with van der Waals surface area (Å²) in [7, 11) is -0.695. The van der Waals surface area contributed by atoms with Crippen molar-refractivity contribution in [3.05, 3.63) is 35.5 Å². The zero-order chi connectivity index (χ0) is 16.5. The molecule has 0 spiro atoms. The number of rotatable bonds is 5. The molecule has 1 aromatic carbocycles. The number of carbonyl (C=O) groups excluding carboxylic acids is 1. The van der Waals surface area contributed by atoms with Crippen LogP contribution in [0.5, 0.6) is 5.75 Å². The van der Waals surface area contributed by atoms with E-state index in [0.717, 1.165) is 28.5 Å². The Morgan fingerprint density at radius 2 is 1.95 bits per heavy atom. The van der Waals surface area contributed by atoms with Gasteiger partial charge in [0.15, 0.2) is 14.6 Å². The van der Waals surface area contributed by atoms with Crippen LogP contribution >= 0.6 is 0 Å². The van der Waals surface area contributed by atoms with Crippen molar-refractivity contribution < 1.29 is 14.3 Å². The van der Waals surface area contributed by atoms with Crippen molar-refractivity contribution in [2.75, 3.05) is 7.11 Å². The summed E-state index contributed by atoms with van der Waals surface area (Å²) >= 11 is 0. The highest BCUT2D eigenvalue weighted by Crippen LogP contribution is 2.42. The summed E-state index contributed by atoms with van der Waals surface area (Å²) in [6, 6.07) is 7.36. The third kappa shape index (κ3) is 3.05. The molecule has 0 aliphatic rings. The molecule has 22 heavy (non-hydrogen) atoms. The zero-order valence-corrected chi connectivity index (χ0v) is 14.8. The van der Waals surface area contributed by atoms with Crippen LogP contribution < -0.4 is 4.74 Å². The van der Waals surface area contributed by atoms with E-state index in [2.05, 4.69) is 18.8 Å². The minimum atomic E-state index is -2.34. The normalized spacial score (nSPS) is 12.5. The highest BCUT2D eigenvalue weighted by molar-refractivity contribution is 6.72. The van der Waals surface area contributed by atoms with Gasteiger partial charge in [0.05, 0.1) is 12.6 Å². The largest absolute Gasteiger partial charge is 0.496 e. The molecule has 0 atom stereocenters. The molecular formula is C17H23NO3Si. The Bertz CT molecular complexity index is 705. The number of methoxy groups -OCH3 is 1. The number of pyridine rings is 1. The van der Waals surface area contributed by atoms with E-state index in [0.29, 0.717) is 12.1 Å². The Morgan fingerprint density at radius 3 is 2.50 bits per heavy atom. The van der Waals surface area contributed by atoms with Crippen LogP contribution in [0.4, 0.5) is 0 Å². The van der Waals surface area contributed by atoms with Crippen LogP contribution in [-0.4, -0.2) is 31.5 Å². The van der Waals surface area contributed by atoms with Crippen LogP contribution in [0.25, 0.3) is 10.9 Å². The van der Waals surface area contributed by atoms with E-state index in [1.54, 1.807) is 13.2 Å². The van der Waals surface area contributed by atoms with Gasteiger partial charge < -0.3 is 9.53 Å².